The molecule has 0 aromatic rings. The monoisotopic (exact) mass is 951 g/mol. The van der Waals surface area contributed by atoms with Gasteiger partial charge in [-0.15, -0.1) is 0 Å². The zero-order chi connectivity index (χ0) is 48.5. The van der Waals surface area contributed by atoms with E-state index in [1.165, 1.54) is 141 Å². The van der Waals surface area contributed by atoms with Crippen LogP contribution in [0.1, 0.15) is 245 Å². The Hall–Kier alpha value is -2.03. The molecule has 0 fully saturated rings. The van der Waals surface area contributed by atoms with Crippen LogP contribution < -0.4 is 0 Å². The van der Waals surface area contributed by atoms with Gasteiger partial charge in [-0.3, -0.25) is 18.6 Å². The number of likely N-dealkylation sites (N-methyl/N-ethyl adjacent to an activating group) is 1. The lowest BCUT2D eigenvalue weighted by Crippen LogP contribution is -2.37. The van der Waals surface area contributed by atoms with Crippen LogP contribution in [0.15, 0.2) is 48.6 Å². The van der Waals surface area contributed by atoms with Gasteiger partial charge in [0.1, 0.15) is 19.8 Å². The number of carbonyl (C=O) groups excluding carboxylic acids is 2. The third kappa shape index (κ3) is 51.4. The predicted octanol–water partition coefficient (Wildman–Crippen LogP) is 16.6. The van der Waals surface area contributed by atoms with Gasteiger partial charge >= 0.3 is 19.8 Å². The van der Waals surface area contributed by atoms with Crippen molar-refractivity contribution in [1.29, 1.82) is 0 Å². The molecule has 1 N–H and O–H groups in total. The summed E-state index contributed by atoms with van der Waals surface area (Å²) in [7, 11) is 1.47. The maximum atomic E-state index is 12.8. The Morgan fingerprint density at radius 2 is 0.818 bits per heavy atom. The Labute approximate surface area is 407 Å². The SMILES string of the molecule is CCCCC/C=C\C/C=C\C/C=C\CCCCCCCCC(=O)OC(COC(=O)CCCCCCCCCCCCC/C=C\CCCCCCCCCC)COP(=O)(O)OCC[N+](C)(C)C. The van der Waals surface area contributed by atoms with Crippen molar-refractivity contribution in [2.75, 3.05) is 47.5 Å². The third-order valence-electron chi connectivity index (χ3n) is 11.8. The second-order valence-electron chi connectivity index (χ2n) is 19.6. The summed E-state index contributed by atoms with van der Waals surface area (Å²) in [5, 5.41) is 0. The number of quaternary nitrogens is 1. The highest BCUT2D eigenvalue weighted by Crippen LogP contribution is 2.43. The first kappa shape index (κ1) is 64.0. The summed E-state index contributed by atoms with van der Waals surface area (Å²) in [4.78, 5) is 35.6. The minimum Gasteiger partial charge on any atom is -0.462 e. The first-order chi connectivity index (χ1) is 32.0. The van der Waals surface area contributed by atoms with Gasteiger partial charge in [-0.05, 0) is 77.0 Å². The molecule has 0 aliphatic carbocycles. The van der Waals surface area contributed by atoms with Crippen molar-refractivity contribution in [3.8, 4) is 0 Å². The van der Waals surface area contributed by atoms with Gasteiger partial charge in [0.05, 0.1) is 27.7 Å². The first-order valence-electron chi connectivity index (χ1n) is 27.4. The number of ether oxygens (including phenoxy) is 2. The van der Waals surface area contributed by atoms with E-state index >= 15 is 0 Å². The molecule has 0 aliphatic heterocycles. The van der Waals surface area contributed by atoms with E-state index in [-0.39, 0.29) is 32.0 Å². The fraction of sp³-hybridized carbons (Fsp3) is 0.821. The average molecular weight is 951 g/mol. The lowest BCUT2D eigenvalue weighted by atomic mass is 10.0. The number of carbonyl (C=O) groups is 2. The van der Waals surface area contributed by atoms with E-state index in [1.54, 1.807) is 0 Å². The van der Waals surface area contributed by atoms with Gasteiger partial charge in [0.15, 0.2) is 6.10 Å². The number of hydrogen-bond donors (Lipinski definition) is 1. The molecule has 0 radical (unpaired) electrons. The van der Waals surface area contributed by atoms with Gasteiger partial charge < -0.3 is 18.9 Å². The van der Waals surface area contributed by atoms with Crippen LogP contribution in [-0.2, 0) is 32.7 Å². The molecule has 0 amide bonds. The molecule has 0 spiro atoms. The summed E-state index contributed by atoms with van der Waals surface area (Å²) >= 11 is 0. The van der Waals surface area contributed by atoms with Gasteiger partial charge in [-0.1, -0.05) is 204 Å². The largest absolute Gasteiger partial charge is 0.472 e. The number of phosphoric ester groups is 1. The molecule has 0 saturated carbocycles. The molecule has 9 nitrogen and oxygen atoms in total. The Kier molecular flexibility index (Phi) is 46.5. The second-order valence-corrected chi connectivity index (χ2v) is 21.1. The van der Waals surface area contributed by atoms with E-state index in [2.05, 4.69) is 62.5 Å². The van der Waals surface area contributed by atoms with Crippen molar-refractivity contribution >= 4 is 19.8 Å². The van der Waals surface area contributed by atoms with Crippen LogP contribution in [0, 0.1) is 0 Å². The van der Waals surface area contributed by atoms with E-state index in [4.69, 9.17) is 18.5 Å². The molecule has 0 aromatic carbocycles. The van der Waals surface area contributed by atoms with Crippen LogP contribution in [0.3, 0.4) is 0 Å². The Bertz CT molecular complexity index is 1260. The molecule has 0 heterocycles. The lowest BCUT2D eigenvalue weighted by Gasteiger charge is -2.24. The zero-order valence-corrected chi connectivity index (χ0v) is 44.6. The molecule has 66 heavy (non-hydrogen) atoms. The summed E-state index contributed by atoms with van der Waals surface area (Å²) in [6.45, 7) is 4.41. The lowest BCUT2D eigenvalue weighted by molar-refractivity contribution is -0.870. The van der Waals surface area contributed by atoms with Gasteiger partial charge in [-0.2, -0.15) is 0 Å². The average Bonchev–Trinajstić information content (AvgIpc) is 3.27. The van der Waals surface area contributed by atoms with Crippen LogP contribution >= 0.6 is 7.82 Å². The molecule has 0 rings (SSSR count). The van der Waals surface area contributed by atoms with Crippen molar-refractivity contribution in [3.63, 3.8) is 0 Å². The van der Waals surface area contributed by atoms with Crippen LogP contribution in [0.2, 0.25) is 0 Å². The third-order valence-corrected chi connectivity index (χ3v) is 12.8. The maximum Gasteiger partial charge on any atom is 0.472 e. The minimum absolute atomic E-state index is 0.0281. The predicted molar refractivity (Wildman–Crippen MR) is 280 cm³/mol. The molecule has 2 unspecified atom stereocenters. The van der Waals surface area contributed by atoms with Crippen LogP contribution in [0.5, 0.6) is 0 Å². The van der Waals surface area contributed by atoms with E-state index in [0.29, 0.717) is 17.4 Å². The van der Waals surface area contributed by atoms with Crippen molar-refractivity contribution in [3.05, 3.63) is 48.6 Å². The molecule has 0 aliphatic rings. The van der Waals surface area contributed by atoms with Crippen molar-refractivity contribution in [2.45, 2.75) is 251 Å². The van der Waals surface area contributed by atoms with Gasteiger partial charge in [-0.25, -0.2) is 4.57 Å². The van der Waals surface area contributed by atoms with E-state index in [9.17, 15) is 19.0 Å². The molecule has 0 bridgehead atoms. The van der Waals surface area contributed by atoms with Crippen LogP contribution in [0.25, 0.3) is 0 Å². The van der Waals surface area contributed by atoms with Crippen molar-refractivity contribution in [2.24, 2.45) is 0 Å². The zero-order valence-electron chi connectivity index (χ0n) is 43.7. The topological polar surface area (TPSA) is 108 Å². The molecule has 0 saturated heterocycles. The minimum atomic E-state index is -4.39. The smallest absolute Gasteiger partial charge is 0.462 e. The molecule has 10 heteroatoms. The number of rotatable bonds is 50. The van der Waals surface area contributed by atoms with E-state index in [1.807, 2.05) is 21.1 Å². The number of phosphoric acid groups is 1. The summed E-state index contributed by atoms with van der Waals surface area (Å²) in [5.74, 6) is -0.807. The fourth-order valence-electron chi connectivity index (χ4n) is 7.55. The number of nitrogens with zero attached hydrogens (tertiary/aromatic N) is 1. The quantitative estimate of drug-likeness (QED) is 0.0211. The highest BCUT2D eigenvalue weighted by molar-refractivity contribution is 7.47. The summed E-state index contributed by atoms with van der Waals surface area (Å²) in [6.07, 6.45) is 58.8. The highest BCUT2D eigenvalue weighted by atomic mass is 31.2. The van der Waals surface area contributed by atoms with Crippen molar-refractivity contribution in [1.82, 2.24) is 0 Å². The Morgan fingerprint density at radius 3 is 1.26 bits per heavy atom. The number of unbranched alkanes of at least 4 members (excludes halogenated alkanes) is 28. The standard InChI is InChI=1S/C56H104NO8P/c1-6-8-10-12-14-16-18-20-22-24-26-27-28-29-31-32-34-36-38-40-42-44-46-48-55(58)62-52-54(53-64-66(60,61)63-51-50-57(3,4)5)65-56(59)49-47-45-43-41-39-37-35-33-30-25-23-21-19-17-15-13-11-9-7-2/h15,17,21,23-24,26,30,33,54H,6-14,16,18-20,22,25,27-29,31-32,34-53H2,1-5H3/p+1/b17-15-,23-21-,26-24-,33-30-. The second kappa shape index (κ2) is 48.0. The summed E-state index contributed by atoms with van der Waals surface area (Å²) < 4.78 is 34.5. The van der Waals surface area contributed by atoms with Crippen molar-refractivity contribution < 1.29 is 42.1 Å². The van der Waals surface area contributed by atoms with Crippen LogP contribution in [0.4, 0.5) is 0 Å². The Balaban J connectivity index is 4.22. The Morgan fingerprint density at radius 1 is 0.470 bits per heavy atom. The first-order valence-corrected chi connectivity index (χ1v) is 28.9. The molecule has 2 atom stereocenters. The molecular formula is C56H105NO8P+. The number of esters is 2. The number of allylic oxidation sites excluding steroid dienone is 8. The molecular weight excluding hydrogens is 846 g/mol. The highest BCUT2D eigenvalue weighted by Gasteiger charge is 2.27. The van der Waals surface area contributed by atoms with Gasteiger partial charge in [0.2, 0.25) is 0 Å². The molecule has 386 valence electrons. The van der Waals surface area contributed by atoms with Gasteiger partial charge in [0, 0.05) is 12.8 Å². The normalized spacial score (nSPS) is 13.7. The maximum absolute atomic E-state index is 12.8. The van der Waals surface area contributed by atoms with Crippen LogP contribution in [-0.4, -0.2) is 74.9 Å². The summed E-state index contributed by atoms with van der Waals surface area (Å²) in [5.41, 5.74) is 0. The van der Waals surface area contributed by atoms with Gasteiger partial charge in [0.25, 0.3) is 0 Å². The van der Waals surface area contributed by atoms with E-state index < -0.39 is 26.5 Å². The molecule has 0 aromatic heterocycles. The van der Waals surface area contributed by atoms with E-state index in [0.717, 1.165) is 70.6 Å². The number of hydrogen-bond acceptors (Lipinski definition) is 7. The summed E-state index contributed by atoms with van der Waals surface area (Å²) in [6, 6.07) is 0. The fourth-order valence-corrected chi connectivity index (χ4v) is 8.29.